The van der Waals surface area contributed by atoms with Crippen LogP contribution in [0.5, 0.6) is 0 Å². The van der Waals surface area contributed by atoms with Gasteiger partial charge in [0.25, 0.3) is 5.91 Å². The molecule has 2 amide bonds. The first-order valence-corrected chi connectivity index (χ1v) is 10.1. The highest BCUT2D eigenvalue weighted by Crippen LogP contribution is 2.32. The Balaban J connectivity index is 1.44. The quantitative estimate of drug-likeness (QED) is 0.859. The van der Waals surface area contributed by atoms with E-state index in [9.17, 15) is 14.0 Å². The van der Waals surface area contributed by atoms with Crippen LogP contribution >= 0.6 is 0 Å². The second-order valence-corrected chi connectivity index (χ2v) is 7.74. The lowest BCUT2D eigenvalue weighted by molar-refractivity contribution is -0.126. The predicted octanol–water partition coefficient (Wildman–Crippen LogP) is 3.63. The molecular weight excluding hydrogens is 371 g/mol. The minimum Gasteiger partial charge on any atom is -0.381 e. The van der Waals surface area contributed by atoms with Crippen molar-refractivity contribution in [3.63, 3.8) is 0 Å². The summed E-state index contributed by atoms with van der Waals surface area (Å²) in [7, 11) is 0. The van der Waals surface area contributed by atoms with Crippen molar-refractivity contribution < 1.29 is 18.7 Å². The summed E-state index contributed by atoms with van der Waals surface area (Å²) in [5, 5.41) is 2.95. The number of hydrogen-bond acceptors (Lipinski definition) is 3. The van der Waals surface area contributed by atoms with Crippen LogP contribution in [0.25, 0.3) is 0 Å². The Morgan fingerprint density at radius 2 is 2.00 bits per heavy atom. The Bertz CT molecular complexity index is 907. The Labute approximate surface area is 169 Å². The molecule has 0 radical (unpaired) electrons. The molecule has 152 valence electrons. The smallest absolute Gasteiger partial charge is 0.251 e. The van der Waals surface area contributed by atoms with Crippen LogP contribution in [0, 0.1) is 11.7 Å². The van der Waals surface area contributed by atoms with Gasteiger partial charge in [-0.15, -0.1) is 0 Å². The number of nitrogens with zero attached hydrogens (tertiary/aromatic N) is 1. The van der Waals surface area contributed by atoms with Crippen molar-refractivity contribution in [1.82, 2.24) is 5.32 Å². The van der Waals surface area contributed by atoms with Gasteiger partial charge in [0.2, 0.25) is 5.91 Å². The highest BCUT2D eigenvalue weighted by Gasteiger charge is 2.31. The molecule has 2 unspecified atom stereocenters. The molecule has 2 aromatic rings. The number of fused-ring (bicyclic) bond motifs is 1. The van der Waals surface area contributed by atoms with Crippen molar-refractivity contribution >= 4 is 17.5 Å². The fourth-order valence-electron chi connectivity index (χ4n) is 4.04. The molecule has 5 nitrogen and oxygen atoms in total. The fourth-order valence-corrected chi connectivity index (χ4v) is 4.04. The number of carbonyl (C=O) groups excluding carboxylic acids is 2. The van der Waals surface area contributed by atoms with Gasteiger partial charge in [-0.25, -0.2) is 4.39 Å². The van der Waals surface area contributed by atoms with Gasteiger partial charge in [-0.3, -0.25) is 9.59 Å². The van der Waals surface area contributed by atoms with E-state index in [1.54, 1.807) is 0 Å². The van der Waals surface area contributed by atoms with E-state index in [1.807, 2.05) is 24.0 Å². The predicted molar refractivity (Wildman–Crippen MR) is 108 cm³/mol. The van der Waals surface area contributed by atoms with Crippen molar-refractivity contribution in [3.05, 3.63) is 65.0 Å². The largest absolute Gasteiger partial charge is 0.381 e. The highest BCUT2D eigenvalue weighted by atomic mass is 19.1. The number of amides is 2. The van der Waals surface area contributed by atoms with E-state index in [2.05, 4.69) is 11.4 Å². The summed E-state index contributed by atoms with van der Waals surface area (Å²) in [5.41, 5.74) is 3.48. The van der Waals surface area contributed by atoms with Crippen molar-refractivity contribution in [2.24, 2.45) is 5.92 Å². The van der Waals surface area contributed by atoms with E-state index < -0.39 is 0 Å². The van der Waals surface area contributed by atoms with Crippen molar-refractivity contribution in [3.8, 4) is 0 Å². The molecule has 1 saturated heterocycles. The average molecular weight is 396 g/mol. The standard InChI is InChI=1S/C23H25FN2O3/c1-15(25-22(27)16-4-7-20(24)8-5-16)17-6-9-21-18(13-17)10-11-26(21)23(28)19-3-2-12-29-14-19/h4-9,13,15,19H,2-3,10-12,14H2,1H3,(H,25,27). The second-order valence-electron chi connectivity index (χ2n) is 7.74. The fraction of sp³-hybridized carbons (Fsp3) is 0.391. The van der Waals surface area contributed by atoms with Crippen molar-refractivity contribution in [2.75, 3.05) is 24.7 Å². The Morgan fingerprint density at radius 1 is 1.21 bits per heavy atom. The summed E-state index contributed by atoms with van der Waals surface area (Å²) < 4.78 is 18.5. The van der Waals surface area contributed by atoms with Gasteiger partial charge in [0.15, 0.2) is 0 Å². The summed E-state index contributed by atoms with van der Waals surface area (Å²) in [6.45, 7) is 3.85. The number of anilines is 1. The summed E-state index contributed by atoms with van der Waals surface area (Å²) >= 11 is 0. The number of halogens is 1. The maximum Gasteiger partial charge on any atom is 0.251 e. The van der Waals surface area contributed by atoms with E-state index in [4.69, 9.17) is 4.74 Å². The third kappa shape index (κ3) is 4.17. The minimum atomic E-state index is -0.368. The molecule has 2 atom stereocenters. The van der Waals surface area contributed by atoms with Gasteiger partial charge >= 0.3 is 0 Å². The monoisotopic (exact) mass is 396 g/mol. The molecular formula is C23H25FN2O3. The third-order valence-electron chi connectivity index (χ3n) is 5.73. The molecule has 1 fully saturated rings. The minimum absolute atomic E-state index is 0.0525. The molecule has 0 aromatic heterocycles. The molecule has 0 spiro atoms. The number of ether oxygens (including phenoxy) is 1. The SMILES string of the molecule is CC(NC(=O)c1ccc(F)cc1)c1ccc2c(c1)CCN2C(=O)C1CCCOC1. The van der Waals surface area contributed by atoms with Crippen LogP contribution in [0.2, 0.25) is 0 Å². The summed E-state index contributed by atoms with van der Waals surface area (Å²) in [4.78, 5) is 27.1. The van der Waals surface area contributed by atoms with E-state index in [0.29, 0.717) is 18.7 Å². The van der Waals surface area contributed by atoms with Crippen LogP contribution in [0.15, 0.2) is 42.5 Å². The van der Waals surface area contributed by atoms with E-state index >= 15 is 0 Å². The highest BCUT2D eigenvalue weighted by molar-refractivity contribution is 5.97. The Hall–Kier alpha value is -2.73. The zero-order valence-electron chi connectivity index (χ0n) is 16.5. The number of nitrogens with one attached hydrogen (secondary N) is 1. The normalized spacial score (nSPS) is 19.5. The third-order valence-corrected chi connectivity index (χ3v) is 5.73. The number of hydrogen-bond donors (Lipinski definition) is 1. The van der Waals surface area contributed by atoms with Crippen LogP contribution in [0.3, 0.4) is 0 Å². The van der Waals surface area contributed by atoms with E-state index in [0.717, 1.165) is 42.7 Å². The molecule has 2 aromatic carbocycles. The molecule has 0 bridgehead atoms. The van der Waals surface area contributed by atoms with Gasteiger partial charge in [0.1, 0.15) is 5.82 Å². The van der Waals surface area contributed by atoms with E-state index in [-0.39, 0.29) is 29.6 Å². The average Bonchev–Trinajstić information content (AvgIpc) is 3.17. The Kier molecular flexibility index (Phi) is 5.62. The van der Waals surface area contributed by atoms with Crippen LogP contribution in [0.4, 0.5) is 10.1 Å². The van der Waals surface area contributed by atoms with Crippen LogP contribution in [0.1, 0.15) is 47.3 Å². The Morgan fingerprint density at radius 3 is 2.72 bits per heavy atom. The first-order valence-electron chi connectivity index (χ1n) is 10.1. The molecule has 0 aliphatic carbocycles. The number of benzene rings is 2. The summed E-state index contributed by atoms with van der Waals surface area (Å²) in [6.07, 6.45) is 2.62. The molecule has 4 rings (SSSR count). The lowest BCUT2D eigenvalue weighted by Gasteiger charge is -2.27. The summed E-state index contributed by atoms with van der Waals surface area (Å²) in [6, 6.07) is 11.3. The molecule has 1 N–H and O–H groups in total. The zero-order valence-corrected chi connectivity index (χ0v) is 16.5. The topological polar surface area (TPSA) is 58.6 Å². The maximum absolute atomic E-state index is 13.0. The molecule has 2 aliphatic rings. The van der Waals surface area contributed by atoms with Gasteiger partial charge in [0, 0.05) is 24.4 Å². The summed E-state index contributed by atoms with van der Waals surface area (Å²) in [5.74, 6) is -0.517. The molecule has 0 saturated carbocycles. The second kappa shape index (κ2) is 8.33. The van der Waals surface area contributed by atoms with Gasteiger partial charge in [-0.2, -0.15) is 0 Å². The molecule has 6 heteroatoms. The molecule has 2 aliphatic heterocycles. The first-order chi connectivity index (χ1) is 14.0. The number of carbonyl (C=O) groups is 2. The van der Waals surface area contributed by atoms with Crippen molar-refractivity contribution in [2.45, 2.75) is 32.2 Å². The molecule has 2 heterocycles. The van der Waals surface area contributed by atoms with Gasteiger partial charge < -0.3 is 15.0 Å². The molecule has 29 heavy (non-hydrogen) atoms. The van der Waals surface area contributed by atoms with Crippen molar-refractivity contribution in [1.29, 1.82) is 0 Å². The van der Waals surface area contributed by atoms with Gasteiger partial charge in [-0.05, 0) is 67.6 Å². The zero-order chi connectivity index (χ0) is 20.4. The van der Waals surface area contributed by atoms with Crippen LogP contribution < -0.4 is 10.2 Å². The number of rotatable bonds is 4. The van der Waals surface area contributed by atoms with E-state index in [1.165, 1.54) is 24.3 Å². The maximum atomic E-state index is 13.0. The van der Waals surface area contributed by atoms with Gasteiger partial charge in [-0.1, -0.05) is 12.1 Å². The van der Waals surface area contributed by atoms with Gasteiger partial charge in [0.05, 0.1) is 18.6 Å². The lowest BCUT2D eigenvalue weighted by Crippen LogP contribution is -2.38. The first kappa shape index (κ1) is 19.6. The van der Waals surface area contributed by atoms with Crippen LogP contribution in [-0.4, -0.2) is 31.6 Å². The van der Waals surface area contributed by atoms with Crippen LogP contribution in [-0.2, 0) is 16.0 Å². The lowest BCUT2D eigenvalue weighted by atomic mass is 10.00.